The van der Waals surface area contributed by atoms with E-state index in [0.717, 1.165) is 64.2 Å². The third kappa shape index (κ3) is 48.1. The molecule has 0 saturated heterocycles. The van der Waals surface area contributed by atoms with Crippen LogP contribution in [0.3, 0.4) is 0 Å². The van der Waals surface area contributed by atoms with Crippen molar-refractivity contribution in [2.45, 2.75) is 244 Å². The summed E-state index contributed by atoms with van der Waals surface area (Å²) in [6.45, 7) is 4.51. The Hall–Kier alpha value is -1.80. The molecule has 0 aliphatic carbocycles. The van der Waals surface area contributed by atoms with Crippen LogP contribution in [0.15, 0.2) is 60.8 Å². The van der Waals surface area contributed by atoms with Crippen molar-refractivity contribution >= 4 is 13.7 Å². The van der Waals surface area contributed by atoms with Crippen molar-refractivity contribution in [3.05, 3.63) is 60.8 Å². The summed E-state index contributed by atoms with van der Waals surface area (Å²) in [7, 11) is 1.26. The highest BCUT2D eigenvalue weighted by atomic mass is 31.2. The lowest BCUT2D eigenvalue weighted by Crippen LogP contribution is -2.45. The Kier molecular flexibility index (Phi) is 45.0. The number of quaternary nitrogens is 1. The second kappa shape index (κ2) is 46.3. The van der Waals surface area contributed by atoms with Gasteiger partial charge in [-0.25, -0.2) is 0 Å². The smallest absolute Gasteiger partial charge is 0.268 e. The average Bonchev–Trinajstić information content (AvgIpc) is 3.25. The maximum atomic E-state index is 12.9. The van der Waals surface area contributed by atoms with E-state index in [1.54, 1.807) is 6.08 Å². The van der Waals surface area contributed by atoms with E-state index in [2.05, 4.69) is 67.8 Å². The molecule has 9 heteroatoms. The number of unbranched alkanes of at least 4 members (excludes halogenated alkanes) is 27. The summed E-state index contributed by atoms with van der Waals surface area (Å²) >= 11 is 0. The van der Waals surface area contributed by atoms with Gasteiger partial charge in [-0.3, -0.25) is 9.36 Å². The van der Waals surface area contributed by atoms with Crippen LogP contribution in [-0.2, 0) is 18.4 Å². The molecule has 0 aliphatic heterocycles. The summed E-state index contributed by atoms with van der Waals surface area (Å²) in [5.74, 6) is -0.199. The monoisotopic (exact) mass is 919 g/mol. The summed E-state index contributed by atoms with van der Waals surface area (Å²) in [5, 5.41) is 13.7. The number of phosphoric acid groups is 1. The molecule has 0 rings (SSSR count). The van der Waals surface area contributed by atoms with Gasteiger partial charge in [-0.05, 0) is 57.8 Å². The molecule has 0 fully saturated rings. The van der Waals surface area contributed by atoms with Crippen LogP contribution in [0, 0.1) is 0 Å². The van der Waals surface area contributed by atoms with Gasteiger partial charge in [0.05, 0.1) is 39.9 Å². The first-order valence-corrected chi connectivity index (χ1v) is 28.1. The Morgan fingerprint density at radius 1 is 0.562 bits per heavy atom. The maximum absolute atomic E-state index is 12.9. The molecule has 0 bridgehead atoms. The molecular formula is C55H103N2O6P. The molecule has 0 spiro atoms. The number of aliphatic hydroxyl groups excluding tert-OH is 1. The van der Waals surface area contributed by atoms with Crippen LogP contribution in [0.25, 0.3) is 0 Å². The second-order valence-corrected chi connectivity index (χ2v) is 20.6. The van der Waals surface area contributed by atoms with Gasteiger partial charge in [0, 0.05) is 6.42 Å². The van der Waals surface area contributed by atoms with Crippen LogP contribution >= 0.6 is 7.82 Å². The molecule has 0 aromatic heterocycles. The SMILES string of the molecule is CC/C=C\C/C=C\C/C=C\C/C=C\CCCCCCCCCCCCCCCCCCCCCCC(=O)NC(COP(=O)([O-])OCC[N+](C)(C)C)C(O)/C=C/CCCCCCCCC. The first kappa shape index (κ1) is 62.2. The number of hydrogen-bond acceptors (Lipinski definition) is 6. The van der Waals surface area contributed by atoms with Crippen LogP contribution in [0.1, 0.15) is 232 Å². The lowest BCUT2D eigenvalue weighted by molar-refractivity contribution is -0.870. The molecule has 1 amide bonds. The topological polar surface area (TPSA) is 108 Å². The quantitative estimate of drug-likeness (QED) is 0.0272. The van der Waals surface area contributed by atoms with E-state index in [1.165, 1.54) is 148 Å². The molecule has 374 valence electrons. The predicted octanol–water partition coefficient (Wildman–Crippen LogP) is 15.1. The highest BCUT2D eigenvalue weighted by Crippen LogP contribution is 2.38. The van der Waals surface area contributed by atoms with E-state index in [1.807, 2.05) is 27.2 Å². The van der Waals surface area contributed by atoms with Crippen molar-refractivity contribution in [2.24, 2.45) is 0 Å². The average molecular weight is 919 g/mol. The van der Waals surface area contributed by atoms with E-state index < -0.39 is 20.0 Å². The highest BCUT2D eigenvalue weighted by molar-refractivity contribution is 7.45. The Balaban J connectivity index is 3.94. The molecule has 0 aromatic rings. The standard InChI is InChI=1S/C55H103N2O6P/c1-6-8-10-12-14-16-17-18-19-20-21-22-23-24-25-26-27-28-29-30-31-32-33-34-35-36-37-38-39-41-43-45-47-49-55(59)56-53(52-63-64(60,61)62-51-50-57(3,4)5)54(58)48-46-44-42-40-15-13-11-9-7-2/h8,10,14,16,18-19,21-22,46,48,53-54,58H,6-7,9,11-13,15,17,20,23-45,47,49-52H2,1-5H3,(H-,56,59,60,61)/b10-8-,16-14-,19-18-,22-21-,48-46+. The van der Waals surface area contributed by atoms with Crippen LogP contribution in [-0.4, -0.2) is 68.5 Å². The van der Waals surface area contributed by atoms with Crippen molar-refractivity contribution in [2.75, 3.05) is 40.9 Å². The number of aliphatic hydroxyl groups is 1. The van der Waals surface area contributed by atoms with E-state index in [-0.39, 0.29) is 19.1 Å². The zero-order valence-corrected chi connectivity index (χ0v) is 43.4. The molecule has 2 N–H and O–H groups in total. The Morgan fingerprint density at radius 2 is 0.953 bits per heavy atom. The normalized spacial score (nSPS) is 14.5. The first-order chi connectivity index (χ1) is 31.0. The zero-order valence-electron chi connectivity index (χ0n) is 42.5. The van der Waals surface area contributed by atoms with Crippen molar-refractivity contribution in [3.8, 4) is 0 Å². The molecule has 0 heterocycles. The Labute approximate surface area is 396 Å². The summed E-state index contributed by atoms with van der Waals surface area (Å²) in [4.78, 5) is 25.3. The minimum Gasteiger partial charge on any atom is -0.756 e. The van der Waals surface area contributed by atoms with Crippen molar-refractivity contribution in [3.63, 3.8) is 0 Å². The van der Waals surface area contributed by atoms with Gasteiger partial charge in [-0.1, -0.05) is 229 Å². The summed E-state index contributed by atoms with van der Waals surface area (Å²) in [6, 6.07) is -0.884. The van der Waals surface area contributed by atoms with Gasteiger partial charge in [0.15, 0.2) is 0 Å². The van der Waals surface area contributed by atoms with Gasteiger partial charge in [0.25, 0.3) is 7.82 Å². The number of amides is 1. The zero-order chi connectivity index (χ0) is 47.1. The van der Waals surface area contributed by atoms with E-state index in [4.69, 9.17) is 9.05 Å². The number of allylic oxidation sites excluding steroid dienone is 9. The van der Waals surface area contributed by atoms with Crippen LogP contribution < -0.4 is 10.2 Å². The predicted molar refractivity (Wildman–Crippen MR) is 274 cm³/mol. The molecular weight excluding hydrogens is 816 g/mol. The second-order valence-electron chi connectivity index (χ2n) is 19.2. The molecule has 8 nitrogen and oxygen atoms in total. The van der Waals surface area contributed by atoms with Crippen LogP contribution in [0.5, 0.6) is 0 Å². The van der Waals surface area contributed by atoms with Crippen LogP contribution in [0.4, 0.5) is 0 Å². The number of carbonyl (C=O) groups excluding carboxylic acids is 1. The van der Waals surface area contributed by atoms with Gasteiger partial charge >= 0.3 is 0 Å². The highest BCUT2D eigenvalue weighted by Gasteiger charge is 2.23. The summed E-state index contributed by atoms with van der Waals surface area (Å²) in [6.07, 6.45) is 61.7. The summed E-state index contributed by atoms with van der Waals surface area (Å²) in [5.41, 5.74) is 0. The first-order valence-electron chi connectivity index (χ1n) is 26.7. The van der Waals surface area contributed by atoms with Crippen LogP contribution in [0.2, 0.25) is 0 Å². The van der Waals surface area contributed by atoms with Crippen molar-refractivity contribution in [1.82, 2.24) is 5.32 Å². The maximum Gasteiger partial charge on any atom is 0.268 e. The number of nitrogens with one attached hydrogen (secondary N) is 1. The van der Waals surface area contributed by atoms with Gasteiger partial charge in [-0.15, -0.1) is 0 Å². The third-order valence-corrected chi connectivity index (χ3v) is 12.7. The fourth-order valence-corrected chi connectivity index (χ4v) is 8.28. The van der Waals surface area contributed by atoms with Crippen molar-refractivity contribution < 1.29 is 32.9 Å². The summed E-state index contributed by atoms with van der Waals surface area (Å²) < 4.78 is 23.2. The number of rotatable bonds is 48. The van der Waals surface area contributed by atoms with Gasteiger partial charge in [0.1, 0.15) is 13.2 Å². The molecule has 3 unspecified atom stereocenters. The lowest BCUT2D eigenvalue weighted by atomic mass is 10.0. The third-order valence-electron chi connectivity index (χ3n) is 11.7. The molecule has 0 aliphatic rings. The fourth-order valence-electron chi connectivity index (χ4n) is 7.56. The van der Waals surface area contributed by atoms with Gasteiger partial charge < -0.3 is 28.8 Å². The molecule has 3 atom stereocenters. The molecule has 0 saturated carbocycles. The lowest BCUT2D eigenvalue weighted by Gasteiger charge is -2.29. The number of carbonyl (C=O) groups is 1. The number of nitrogens with zero attached hydrogens (tertiary/aromatic N) is 1. The molecule has 0 radical (unpaired) electrons. The Morgan fingerprint density at radius 3 is 1.39 bits per heavy atom. The molecule has 64 heavy (non-hydrogen) atoms. The van der Waals surface area contributed by atoms with E-state index in [9.17, 15) is 19.4 Å². The number of likely N-dealkylation sites (N-methyl/N-ethyl adjacent to an activating group) is 1. The number of hydrogen-bond donors (Lipinski definition) is 2. The minimum absolute atomic E-state index is 0.00125. The van der Waals surface area contributed by atoms with Gasteiger partial charge in [-0.2, -0.15) is 0 Å². The number of phosphoric ester groups is 1. The molecule has 0 aromatic carbocycles. The van der Waals surface area contributed by atoms with E-state index in [0.29, 0.717) is 17.4 Å². The van der Waals surface area contributed by atoms with Crippen molar-refractivity contribution in [1.29, 1.82) is 0 Å². The van der Waals surface area contributed by atoms with Gasteiger partial charge in [0.2, 0.25) is 5.91 Å². The van der Waals surface area contributed by atoms with E-state index >= 15 is 0 Å². The largest absolute Gasteiger partial charge is 0.756 e. The Bertz CT molecular complexity index is 1230. The fraction of sp³-hybridized carbons (Fsp3) is 0.800. The minimum atomic E-state index is -4.58.